The topological polar surface area (TPSA) is 35.2 Å². The standard InChI is InChI=1S/C10H11ClF3NO/c11-8-3-1-2-4-9(8)16-6-7(5-15)10(12,13)14/h1-4,7H,5-6,15H2. The highest BCUT2D eigenvalue weighted by Gasteiger charge is 2.39. The van der Waals surface area contributed by atoms with E-state index >= 15 is 0 Å². The average molecular weight is 254 g/mol. The molecule has 0 radical (unpaired) electrons. The van der Waals surface area contributed by atoms with E-state index in [4.69, 9.17) is 22.1 Å². The van der Waals surface area contributed by atoms with Crippen molar-refractivity contribution < 1.29 is 17.9 Å². The number of hydrogen-bond donors (Lipinski definition) is 1. The van der Waals surface area contributed by atoms with Gasteiger partial charge in [-0.3, -0.25) is 0 Å². The first-order valence-electron chi connectivity index (χ1n) is 4.59. The maximum absolute atomic E-state index is 12.3. The van der Waals surface area contributed by atoms with Crippen LogP contribution in [-0.2, 0) is 0 Å². The lowest BCUT2D eigenvalue weighted by Crippen LogP contribution is -2.35. The third-order valence-corrected chi connectivity index (χ3v) is 2.34. The van der Waals surface area contributed by atoms with Gasteiger partial charge in [0.1, 0.15) is 18.3 Å². The van der Waals surface area contributed by atoms with Crippen molar-refractivity contribution in [2.45, 2.75) is 6.18 Å². The molecule has 1 aromatic carbocycles. The van der Waals surface area contributed by atoms with Gasteiger partial charge in [0, 0.05) is 6.54 Å². The van der Waals surface area contributed by atoms with Gasteiger partial charge in [0.05, 0.1) is 5.02 Å². The summed E-state index contributed by atoms with van der Waals surface area (Å²) in [6.07, 6.45) is -4.35. The third kappa shape index (κ3) is 3.57. The number of alkyl halides is 3. The quantitative estimate of drug-likeness (QED) is 0.896. The maximum atomic E-state index is 12.3. The second-order valence-electron chi connectivity index (χ2n) is 3.22. The highest BCUT2D eigenvalue weighted by Crippen LogP contribution is 2.28. The molecule has 1 atom stereocenters. The van der Waals surface area contributed by atoms with Crippen molar-refractivity contribution >= 4 is 11.6 Å². The summed E-state index contributed by atoms with van der Waals surface area (Å²) in [5.74, 6) is -1.45. The molecule has 0 fully saturated rings. The van der Waals surface area contributed by atoms with Gasteiger partial charge in [0.25, 0.3) is 0 Å². The Morgan fingerprint density at radius 3 is 2.44 bits per heavy atom. The van der Waals surface area contributed by atoms with Gasteiger partial charge in [0.15, 0.2) is 0 Å². The van der Waals surface area contributed by atoms with E-state index in [1.165, 1.54) is 6.07 Å². The molecular weight excluding hydrogens is 243 g/mol. The van der Waals surface area contributed by atoms with Gasteiger partial charge in [0.2, 0.25) is 0 Å². The third-order valence-electron chi connectivity index (χ3n) is 2.02. The van der Waals surface area contributed by atoms with Crippen LogP contribution in [0.4, 0.5) is 13.2 Å². The number of para-hydroxylation sites is 1. The Hall–Kier alpha value is -0.940. The number of nitrogens with two attached hydrogens (primary N) is 1. The van der Waals surface area contributed by atoms with Crippen molar-refractivity contribution in [3.8, 4) is 5.75 Å². The minimum Gasteiger partial charge on any atom is -0.491 e. The van der Waals surface area contributed by atoms with Crippen LogP contribution in [0.1, 0.15) is 0 Å². The predicted molar refractivity (Wildman–Crippen MR) is 55.5 cm³/mol. The molecule has 2 nitrogen and oxygen atoms in total. The zero-order valence-corrected chi connectivity index (χ0v) is 9.05. The molecule has 2 N–H and O–H groups in total. The first-order chi connectivity index (χ1) is 7.45. The number of benzene rings is 1. The van der Waals surface area contributed by atoms with E-state index in [1.54, 1.807) is 18.2 Å². The number of hydrogen-bond acceptors (Lipinski definition) is 2. The van der Waals surface area contributed by atoms with Gasteiger partial charge in [-0.1, -0.05) is 23.7 Å². The molecule has 0 aliphatic rings. The van der Waals surface area contributed by atoms with Gasteiger partial charge >= 0.3 is 6.18 Å². The first kappa shape index (κ1) is 13.1. The Kier molecular flexibility index (Phi) is 4.44. The van der Waals surface area contributed by atoms with E-state index in [2.05, 4.69) is 0 Å². The molecule has 1 aromatic rings. The lowest BCUT2D eigenvalue weighted by molar-refractivity contribution is -0.178. The molecule has 0 saturated carbocycles. The summed E-state index contributed by atoms with van der Waals surface area (Å²) < 4.78 is 42.0. The van der Waals surface area contributed by atoms with Crippen LogP contribution in [0, 0.1) is 5.92 Å². The first-order valence-corrected chi connectivity index (χ1v) is 4.97. The lowest BCUT2D eigenvalue weighted by Gasteiger charge is -2.19. The fourth-order valence-corrected chi connectivity index (χ4v) is 1.24. The highest BCUT2D eigenvalue weighted by molar-refractivity contribution is 6.32. The van der Waals surface area contributed by atoms with Crippen LogP contribution >= 0.6 is 11.6 Å². The molecule has 0 aliphatic carbocycles. The molecule has 6 heteroatoms. The van der Waals surface area contributed by atoms with E-state index in [0.29, 0.717) is 0 Å². The smallest absolute Gasteiger partial charge is 0.396 e. The summed E-state index contributed by atoms with van der Waals surface area (Å²) in [6.45, 7) is -1.03. The summed E-state index contributed by atoms with van der Waals surface area (Å²) in [5, 5.41) is 0.278. The fourth-order valence-electron chi connectivity index (χ4n) is 1.05. The molecule has 1 rings (SSSR count). The fraction of sp³-hybridized carbons (Fsp3) is 0.400. The van der Waals surface area contributed by atoms with Crippen LogP contribution in [0.25, 0.3) is 0 Å². The van der Waals surface area contributed by atoms with Crippen molar-refractivity contribution in [1.29, 1.82) is 0 Å². The molecule has 0 bridgehead atoms. The summed E-state index contributed by atoms with van der Waals surface area (Å²) in [6, 6.07) is 6.35. The molecular formula is C10H11ClF3NO. The number of halogens is 4. The van der Waals surface area contributed by atoms with Crippen molar-refractivity contribution in [2.24, 2.45) is 11.7 Å². The van der Waals surface area contributed by atoms with Crippen LogP contribution in [0.3, 0.4) is 0 Å². The minimum atomic E-state index is -4.35. The average Bonchev–Trinajstić information content (AvgIpc) is 2.19. The largest absolute Gasteiger partial charge is 0.491 e. The number of ether oxygens (including phenoxy) is 1. The Morgan fingerprint density at radius 1 is 1.31 bits per heavy atom. The van der Waals surface area contributed by atoms with E-state index in [-0.39, 0.29) is 10.8 Å². The van der Waals surface area contributed by atoms with Gasteiger partial charge in [-0.05, 0) is 12.1 Å². The summed E-state index contributed by atoms with van der Waals surface area (Å²) >= 11 is 5.73. The Balaban J connectivity index is 2.60. The van der Waals surface area contributed by atoms with Gasteiger partial charge in [-0.2, -0.15) is 13.2 Å². The van der Waals surface area contributed by atoms with Crippen LogP contribution in [0.2, 0.25) is 5.02 Å². The maximum Gasteiger partial charge on any atom is 0.396 e. The van der Waals surface area contributed by atoms with E-state index in [9.17, 15) is 13.2 Å². The summed E-state index contributed by atoms with van der Waals surface area (Å²) in [5.41, 5.74) is 5.03. The van der Waals surface area contributed by atoms with Crippen molar-refractivity contribution in [1.82, 2.24) is 0 Å². The molecule has 90 valence electrons. The molecule has 0 aliphatic heterocycles. The number of rotatable bonds is 4. The van der Waals surface area contributed by atoms with Crippen molar-refractivity contribution in [2.75, 3.05) is 13.2 Å². The molecule has 0 heterocycles. The summed E-state index contributed by atoms with van der Waals surface area (Å²) in [7, 11) is 0. The van der Waals surface area contributed by atoms with E-state index < -0.39 is 25.2 Å². The Bertz CT molecular complexity index is 343. The van der Waals surface area contributed by atoms with Gasteiger partial charge in [-0.25, -0.2) is 0 Å². The highest BCUT2D eigenvalue weighted by atomic mass is 35.5. The van der Waals surface area contributed by atoms with Gasteiger partial charge < -0.3 is 10.5 Å². The SMILES string of the molecule is NCC(COc1ccccc1Cl)C(F)(F)F. The van der Waals surface area contributed by atoms with Crippen molar-refractivity contribution in [3.63, 3.8) is 0 Å². The summed E-state index contributed by atoms with van der Waals surface area (Å²) in [4.78, 5) is 0. The molecule has 0 spiro atoms. The Labute approximate surface area is 96.1 Å². The van der Waals surface area contributed by atoms with E-state index in [0.717, 1.165) is 0 Å². The monoisotopic (exact) mass is 253 g/mol. The van der Waals surface area contributed by atoms with Crippen LogP contribution in [0.15, 0.2) is 24.3 Å². The van der Waals surface area contributed by atoms with Crippen LogP contribution < -0.4 is 10.5 Å². The minimum absolute atomic E-state index is 0.229. The Morgan fingerprint density at radius 2 is 1.94 bits per heavy atom. The second kappa shape index (κ2) is 5.41. The molecule has 0 saturated heterocycles. The van der Waals surface area contributed by atoms with Crippen LogP contribution in [0.5, 0.6) is 5.75 Å². The van der Waals surface area contributed by atoms with Crippen molar-refractivity contribution in [3.05, 3.63) is 29.3 Å². The predicted octanol–water partition coefficient (Wildman–Crippen LogP) is 2.86. The molecule has 1 unspecified atom stereocenters. The normalized spacial score (nSPS) is 13.6. The van der Waals surface area contributed by atoms with Gasteiger partial charge in [-0.15, -0.1) is 0 Å². The molecule has 0 aromatic heterocycles. The van der Waals surface area contributed by atoms with E-state index in [1.807, 2.05) is 0 Å². The van der Waals surface area contributed by atoms with Crippen LogP contribution in [-0.4, -0.2) is 19.3 Å². The molecule has 16 heavy (non-hydrogen) atoms. The second-order valence-corrected chi connectivity index (χ2v) is 3.62. The zero-order valence-electron chi connectivity index (χ0n) is 8.30. The zero-order chi connectivity index (χ0) is 12.2. The lowest BCUT2D eigenvalue weighted by atomic mass is 10.1. The molecule has 0 amide bonds.